The van der Waals surface area contributed by atoms with E-state index in [1.54, 1.807) is 0 Å². The van der Waals surface area contributed by atoms with Gasteiger partial charge in [0.1, 0.15) is 0 Å². The van der Waals surface area contributed by atoms with Crippen LogP contribution in [0.4, 0.5) is 10.8 Å². The van der Waals surface area contributed by atoms with Crippen LogP contribution in [0, 0.1) is 11.8 Å². The monoisotopic (exact) mass is 327 g/mol. The highest BCUT2D eigenvalue weighted by atomic mass is 32.1. The summed E-state index contributed by atoms with van der Waals surface area (Å²) in [6.45, 7) is 1.98. The van der Waals surface area contributed by atoms with Crippen LogP contribution >= 0.6 is 11.3 Å². The average Bonchev–Trinajstić information content (AvgIpc) is 3.16. The Morgan fingerprint density at radius 2 is 2.26 bits per heavy atom. The van der Waals surface area contributed by atoms with E-state index in [9.17, 15) is 9.59 Å². The number of anilines is 2. The highest BCUT2D eigenvalue weighted by Crippen LogP contribution is 2.37. The number of nitrogens with one attached hydrogen (secondary N) is 2. The van der Waals surface area contributed by atoms with Gasteiger partial charge in [0.2, 0.25) is 11.8 Å². The molecule has 1 fully saturated rings. The van der Waals surface area contributed by atoms with E-state index in [2.05, 4.69) is 15.6 Å². The first-order valence-corrected chi connectivity index (χ1v) is 8.67. The predicted molar refractivity (Wildman–Crippen MR) is 90.4 cm³/mol. The lowest BCUT2D eigenvalue weighted by molar-refractivity contribution is -0.120. The van der Waals surface area contributed by atoms with Crippen LogP contribution in [-0.4, -0.2) is 16.8 Å². The molecule has 6 heteroatoms. The van der Waals surface area contributed by atoms with E-state index in [0.29, 0.717) is 17.5 Å². The molecule has 1 aliphatic heterocycles. The van der Waals surface area contributed by atoms with Crippen molar-refractivity contribution in [3.63, 3.8) is 0 Å². The van der Waals surface area contributed by atoms with Gasteiger partial charge in [0.25, 0.3) is 0 Å². The molecule has 23 heavy (non-hydrogen) atoms. The molecule has 1 aromatic heterocycles. The van der Waals surface area contributed by atoms with E-state index < -0.39 is 0 Å². The molecule has 0 bridgehead atoms. The number of thiazole rings is 1. The smallest absolute Gasteiger partial charge is 0.229 e. The van der Waals surface area contributed by atoms with Crippen LogP contribution in [0.15, 0.2) is 23.6 Å². The fraction of sp³-hybridized carbons (Fsp3) is 0.353. The Balaban J connectivity index is 1.50. The summed E-state index contributed by atoms with van der Waals surface area (Å²) in [5.41, 5.74) is 3.66. The number of hydrogen-bond donors (Lipinski definition) is 2. The number of rotatable bonds is 4. The van der Waals surface area contributed by atoms with Crippen LogP contribution in [0.5, 0.6) is 0 Å². The van der Waals surface area contributed by atoms with E-state index in [4.69, 9.17) is 0 Å². The minimum atomic E-state index is 0.0254. The molecular formula is C17H17N3O2S. The van der Waals surface area contributed by atoms with Crippen molar-refractivity contribution in [2.45, 2.75) is 26.2 Å². The van der Waals surface area contributed by atoms with Gasteiger partial charge in [-0.3, -0.25) is 9.59 Å². The number of fused-ring (bicyclic) bond motifs is 1. The van der Waals surface area contributed by atoms with Crippen LogP contribution in [0.3, 0.4) is 0 Å². The molecule has 4 rings (SSSR count). The second-order valence-electron chi connectivity index (χ2n) is 6.25. The first-order chi connectivity index (χ1) is 11.1. The van der Waals surface area contributed by atoms with Gasteiger partial charge in [-0.15, -0.1) is 11.3 Å². The van der Waals surface area contributed by atoms with Gasteiger partial charge < -0.3 is 10.6 Å². The van der Waals surface area contributed by atoms with Gasteiger partial charge >= 0.3 is 0 Å². The molecule has 2 aliphatic rings. The molecule has 0 spiro atoms. The third kappa shape index (κ3) is 2.86. The fourth-order valence-electron chi connectivity index (χ4n) is 2.88. The second-order valence-corrected chi connectivity index (χ2v) is 7.11. The van der Waals surface area contributed by atoms with E-state index in [1.807, 2.05) is 30.5 Å². The first-order valence-electron chi connectivity index (χ1n) is 7.79. The zero-order chi connectivity index (χ0) is 16.0. The Bertz CT molecular complexity index is 795. The van der Waals surface area contributed by atoms with Crippen LogP contribution in [-0.2, 0) is 16.0 Å². The third-order valence-electron chi connectivity index (χ3n) is 4.50. The molecular weight excluding hydrogens is 310 g/mol. The number of aromatic nitrogens is 1. The zero-order valence-electron chi connectivity index (χ0n) is 12.8. The number of amides is 2. The van der Waals surface area contributed by atoms with Crippen molar-refractivity contribution in [3.8, 4) is 11.3 Å². The average molecular weight is 327 g/mol. The normalized spacial score (nSPS) is 17.5. The quantitative estimate of drug-likeness (QED) is 0.905. The molecule has 0 unspecified atom stereocenters. The van der Waals surface area contributed by atoms with Gasteiger partial charge in [-0.2, -0.15) is 0 Å². The van der Waals surface area contributed by atoms with Crippen LogP contribution in [0.2, 0.25) is 0 Å². The maximum atomic E-state index is 12.1. The highest BCUT2D eigenvalue weighted by molar-refractivity contribution is 7.14. The molecule has 118 valence electrons. The van der Waals surface area contributed by atoms with Crippen molar-refractivity contribution in [2.75, 3.05) is 10.6 Å². The summed E-state index contributed by atoms with van der Waals surface area (Å²) in [7, 11) is 0. The van der Waals surface area contributed by atoms with Gasteiger partial charge in [-0.25, -0.2) is 4.98 Å². The summed E-state index contributed by atoms with van der Waals surface area (Å²) in [5, 5.41) is 8.30. The number of hydrogen-bond acceptors (Lipinski definition) is 4. The van der Waals surface area contributed by atoms with Crippen molar-refractivity contribution in [1.29, 1.82) is 0 Å². The second kappa shape index (κ2) is 5.45. The van der Waals surface area contributed by atoms with Crippen molar-refractivity contribution < 1.29 is 9.59 Å². The maximum absolute atomic E-state index is 12.1. The zero-order valence-corrected chi connectivity index (χ0v) is 13.6. The highest BCUT2D eigenvalue weighted by Gasteiger charge is 2.32. The lowest BCUT2D eigenvalue weighted by Crippen LogP contribution is -2.21. The molecule has 2 aromatic rings. The molecule has 2 heterocycles. The summed E-state index contributed by atoms with van der Waals surface area (Å²) >= 11 is 1.43. The van der Waals surface area contributed by atoms with Gasteiger partial charge in [-0.1, -0.05) is 13.0 Å². The molecule has 1 aromatic carbocycles. The third-order valence-corrected chi connectivity index (χ3v) is 5.26. The molecule has 1 aliphatic carbocycles. The summed E-state index contributed by atoms with van der Waals surface area (Å²) in [5.74, 6) is 0.671. The van der Waals surface area contributed by atoms with Gasteiger partial charge in [-0.05, 0) is 36.5 Å². The Kier molecular flexibility index (Phi) is 3.41. The lowest BCUT2D eigenvalue weighted by Gasteiger charge is -2.08. The maximum Gasteiger partial charge on any atom is 0.229 e. The molecule has 0 saturated heterocycles. The molecule has 1 atom stereocenters. The Hall–Kier alpha value is -2.21. The Labute approximate surface area is 138 Å². The van der Waals surface area contributed by atoms with E-state index >= 15 is 0 Å². The number of carbonyl (C=O) groups excluding carboxylic acids is 2. The summed E-state index contributed by atoms with van der Waals surface area (Å²) in [6, 6.07) is 5.83. The van der Waals surface area contributed by atoms with Crippen molar-refractivity contribution >= 4 is 34.0 Å². The largest absolute Gasteiger partial charge is 0.326 e. The lowest BCUT2D eigenvalue weighted by atomic mass is 10.1. The topological polar surface area (TPSA) is 71.1 Å². The molecule has 2 N–H and O–H groups in total. The molecule has 0 radical (unpaired) electrons. The van der Waals surface area contributed by atoms with Crippen LogP contribution < -0.4 is 10.6 Å². The van der Waals surface area contributed by atoms with Gasteiger partial charge in [0.15, 0.2) is 5.13 Å². The van der Waals surface area contributed by atoms with Gasteiger partial charge in [0.05, 0.1) is 12.1 Å². The van der Waals surface area contributed by atoms with Crippen LogP contribution in [0.1, 0.15) is 25.3 Å². The number of benzene rings is 1. The molecule has 5 nitrogen and oxygen atoms in total. The minimum Gasteiger partial charge on any atom is -0.326 e. The van der Waals surface area contributed by atoms with Crippen molar-refractivity contribution in [3.05, 3.63) is 29.1 Å². The summed E-state index contributed by atoms with van der Waals surface area (Å²) in [4.78, 5) is 28.1. The predicted octanol–water partition coefficient (Wildman–Crippen LogP) is 3.29. The standard InChI is InChI=1S/C17H17N3O2S/c1-9(10-2-3-10)16(22)20-17-19-14(8-23-17)11-4-5-13-12(6-11)7-15(21)18-13/h4-6,8-10H,2-3,7H2,1H3,(H,18,21)(H,19,20,22)/t9-/m1/s1. The van der Waals surface area contributed by atoms with Crippen molar-refractivity contribution in [2.24, 2.45) is 11.8 Å². The van der Waals surface area contributed by atoms with E-state index in [1.165, 1.54) is 11.3 Å². The van der Waals surface area contributed by atoms with E-state index in [-0.39, 0.29) is 17.7 Å². The SMILES string of the molecule is C[C@@H](C(=O)Nc1nc(-c2ccc3c(c2)CC(=O)N3)cs1)C1CC1. The minimum absolute atomic E-state index is 0.0254. The molecule has 1 saturated carbocycles. The summed E-state index contributed by atoms with van der Waals surface area (Å²) < 4.78 is 0. The van der Waals surface area contributed by atoms with Crippen molar-refractivity contribution in [1.82, 2.24) is 4.98 Å². The van der Waals surface area contributed by atoms with Gasteiger partial charge in [0, 0.05) is 22.5 Å². The number of nitrogens with zero attached hydrogens (tertiary/aromatic N) is 1. The summed E-state index contributed by atoms with van der Waals surface area (Å²) in [6.07, 6.45) is 2.72. The molecule has 2 amide bonds. The van der Waals surface area contributed by atoms with E-state index in [0.717, 1.165) is 35.3 Å². The fourth-order valence-corrected chi connectivity index (χ4v) is 3.60. The van der Waals surface area contributed by atoms with Crippen LogP contribution in [0.25, 0.3) is 11.3 Å². The Morgan fingerprint density at radius 3 is 3.04 bits per heavy atom. The first kappa shape index (κ1) is 14.4. The number of carbonyl (C=O) groups is 2. The Morgan fingerprint density at radius 1 is 1.43 bits per heavy atom.